The Morgan fingerprint density at radius 1 is 1.21 bits per heavy atom. The highest BCUT2D eigenvalue weighted by Gasteiger charge is 2.44. The van der Waals surface area contributed by atoms with Crippen molar-refractivity contribution in [2.75, 3.05) is 19.6 Å². The summed E-state index contributed by atoms with van der Waals surface area (Å²) in [6.45, 7) is 3.41. The molecule has 24 heavy (non-hydrogen) atoms. The van der Waals surface area contributed by atoms with Gasteiger partial charge in [-0.2, -0.15) is 0 Å². The summed E-state index contributed by atoms with van der Waals surface area (Å²) in [6.07, 6.45) is 5.23. The molecule has 2 atom stereocenters. The van der Waals surface area contributed by atoms with Gasteiger partial charge in [0.1, 0.15) is 6.54 Å². The lowest BCUT2D eigenvalue weighted by Gasteiger charge is -2.31. The molecule has 2 fully saturated rings. The Bertz CT molecular complexity index is 540. The maximum absolute atomic E-state index is 12.1. The second kappa shape index (κ2) is 8.79. The van der Waals surface area contributed by atoms with Crippen LogP contribution in [0, 0.1) is 5.92 Å². The monoisotopic (exact) mass is 358 g/mol. The van der Waals surface area contributed by atoms with Crippen LogP contribution in [-0.4, -0.2) is 59.2 Å². The molecular formula is C15H23ClN4O4. The number of hydrogen-bond donors (Lipinski definition) is 2. The van der Waals surface area contributed by atoms with Crippen molar-refractivity contribution in [1.82, 2.24) is 15.1 Å². The van der Waals surface area contributed by atoms with Crippen LogP contribution >= 0.6 is 12.4 Å². The third-order valence-electron chi connectivity index (χ3n) is 4.31. The molecule has 2 unspecified atom stereocenters. The summed E-state index contributed by atoms with van der Waals surface area (Å²) in [5.74, 6) is -2.16. The van der Waals surface area contributed by atoms with Gasteiger partial charge in [0.05, 0.1) is 0 Å². The van der Waals surface area contributed by atoms with Gasteiger partial charge in [-0.1, -0.05) is 18.9 Å². The second-order valence-electron chi connectivity index (χ2n) is 5.83. The van der Waals surface area contributed by atoms with E-state index in [0.717, 1.165) is 30.6 Å². The molecule has 0 radical (unpaired) electrons. The maximum Gasteiger partial charge on any atom is 0.335 e. The van der Waals surface area contributed by atoms with Crippen LogP contribution in [0.5, 0.6) is 0 Å². The molecule has 1 aliphatic heterocycles. The normalized spacial score (nSPS) is 24.0. The highest BCUT2D eigenvalue weighted by molar-refractivity contribution is 6.45. The summed E-state index contributed by atoms with van der Waals surface area (Å²) in [7, 11) is 0. The van der Waals surface area contributed by atoms with E-state index in [2.05, 4.69) is 11.9 Å². The molecule has 1 heterocycles. The van der Waals surface area contributed by atoms with Crippen molar-refractivity contribution in [3.8, 4) is 0 Å². The first kappa shape index (κ1) is 20.1. The first-order valence-corrected chi connectivity index (χ1v) is 7.77. The lowest BCUT2D eigenvalue weighted by Crippen LogP contribution is -2.49. The number of nitrogens with zero attached hydrogens (tertiary/aromatic N) is 2. The van der Waals surface area contributed by atoms with Gasteiger partial charge in [0.15, 0.2) is 0 Å². The Balaban J connectivity index is 0.00000288. The van der Waals surface area contributed by atoms with E-state index < -0.39 is 30.3 Å². The molecular weight excluding hydrogens is 336 g/mol. The molecule has 1 saturated heterocycles. The van der Waals surface area contributed by atoms with Crippen LogP contribution < -0.4 is 11.1 Å². The molecule has 0 spiro atoms. The predicted octanol–water partition coefficient (Wildman–Crippen LogP) is 0.0187. The van der Waals surface area contributed by atoms with Gasteiger partial charge in [0.2, 0.25) is 5.91 Å². The average molecular weight is 359 g/mol. The number of nitrogens with two attached hydrogens (primary N) is 1. The Hall–Kier alpha value is -1.93. The summed E-state index contributed by atoms with van der Waals surface area (Å²) in [5.41, 5.74) is 5.72. The molecule has 8 nitrogen and oxygen atoms in total. The largest absolute Gasteiger partial charge is 0.351 e. The van der Waals surface area contributed by atoms with Gasteiger partial charge in [0, 0.05) is 12.6 Å². The van der Waals surface area contributed by atoms with Crippen molar-refractivity contribution in [3.05, 3.63) is 12.7 Å². The van der Waals surface area contributed by atoms with E-state index in [1.165, 1.54) is 6.08 Å². The lowest BCUT2D eigenvalue weighted by molar-refractivity contribution is -0.143. The molecule has 0 aromatic rings. The topological polar surface area (TPSA) is 113 Å². The Morgan fingerprint density at radius 3 is 2.46 bits per heavy atom. The summed E-state index contributed by atoms with van der Waals surface area (Å²) in [6, 6.07) is -0.830. The number of carbonyl (C=O) groups is 4. The first-order chi connectivity index (χ1) is 11.0. The Labute approximate surface area is 146 Å². The van der Waals surface area contributed by atoms with Crippen LogP contribution in [0.2, 0.25) is 0 Å². The molecule has 5 amide bonds. The number of carbonyl (C=O) groups excluding carboxylic acids is 4. The van der Waals surface area contributed by atoms with E-state index in [1.54, 1.807) is 0 Å². The number of rotatable bonds is 6. The molecule has 134 valence electrons. The number of nitrogens with one attached hydrogen (secondary N) is 1. The van der Waals surface area contributed by atoms with Crippen molar-refractivity contribution >= 4 is 36.2 Å². The minimum absolute atomic E-state index is 0. The molecule has 0 bridgehead atoms. The lowest BCUT2D eigenvalue weighted by atomic mass is 9.84. The highest BCUT2D eigenvalue weighted by Crippen LogP contribution is 2.23. The van der Waals surface area contributed by atoms with Crippen molar-refractivity contribution < 1.29 is 19.2 Å². The molecule has 1 aliphatic carbocycles. The van der Waals surface area contributed by atoms with Gasteiger partial charge >= 0.3 is 17.8 Å². The van der Waals surface area contributed by atoms with Gasteiger partial charge in [0.25, 0.3) is 0 Å². The molecule has 2 rings (SSSR count). The van der Waals surface area contributed by atoms with E-state index in [1.807, 2.05) is 0 Å². The minimum Gasteiger partial charge on any atom is -0.351 e. The molecule has 9 heteroatoms. The van der Waals surface area contributed by atoms with Crippen LogP contribution in [0.4, 0.5) is 4.79 Å². The third kappa shape index (κ3) is 4.12. The SMILES string of the molecule is C=CCN1C(=O)C(=O)N(CC(=O)NC2CCCCC2CN)C1=O.Cl. The molecule has 1 saturated carbocycles. The minimum atomic E-state index is -0.981. The number of amides is 5. The fraction of sp³-hybridized carbons (Fsp3) is 0.600. The van der Waals surface area contributed by atoms with Crippen LogP contribution in [0.25, 0.3) is 0 Å². The standard InChI is InChI=1S/C15H22N4O4.ClH/c1-2-7-18-13(21)14(22)19(15(18)23)9-12(20)17-11-6-4-3-5-10(11)8-16;/h2,10-11H,1,3-9,16H2,(H,17,20);1H. The zero-order valence-corrected chi connectivity index (χ0v) is 14.2. The van der Waals surface area contributed by atoms with Crippen molar-refractivity contribution in [2.45, 2.75) is 31.7 Å². The Kier molecular flexibility index (Phi) is 7.37. The first-order valence-electron chi connectivity index (χ1n) is 7.77. The predicted molar refractivity (Wildman–Crippen MR) is 89.2 cm³/mol. The van der Waals surface area contributed by atoms with Gasteiger partial charge in [-0.25, -0.2) is 9.69 Å². The summed E-state index contributed by atoms with van der Waals surface area (Å²) in [4.78, 5) is 49.1. The fourth-order valence-electron chi connectivity index (χ4n) is 3.06. The van der Waals surface area contributed by atoms with Gasteiger partial charge in [-0.3, -0.25) is 19.3 Å². The molecule has 2 aliphatic rings. The molecule has 0 aromatic carbocycles. The van der Waals surface area contributed by atoms with Crippen LogP contribution in [0.3, 0.4) is 0 Å². The number of imide groups is 2. The number of urea groups is 1. The fourth-order valence-corrected chi connectivity index (χ4v) is 3.06. The van der Waals surface area contributed by atoms with Gasteiger partial charge < -0.3 is 11.1 Å². The van der Waals surface area contributed by atoms with Crippen LogP contribution in [0.15, 0.2) is 12.7 Å². The molecule has 0 aromatic heterocycles. The van der Waals surface area contributed by atoms with E-state index in [0.29, 0.717) is 11.4 Å². The van der Waals surface area contributed by atoms with E-state index in [4.69, 9.17) is 5.73 Å². The van der Waals surface area contributed by atoms with Crippen LogP contribution in [0.1, 0.15) is 25.7 Å². The van der Waals surface area contributed by atoms with Gasteiger partial charge in [-0.15, -0.1) is 19.0 Å². The highest BCUT2D eigenvalue weighted by atomic mass is 35.5. The smallest absolute Gasteiger partial charge is 0.335 e. The Morgan fingerprint density at radius 2 is 1.83 bits per heavy atom. The quantitative estimate of drug-likeness (QED) is 0.395. The van der Waals surface area contributed by atoms with Gasteiger partial charge in [-0.05, 0) is 25.3 Å². The summed E-state index contributed by atoms with van der Waals surface area (Å²) >= 11 is 0. The third-order valence-corrected chi connectivity index (χ3v) is 4.31. The zero-order valence-electron chi connectivity index (χ0n) is 13.4. The number of hydrogen-bond acceptors (Lipinski definition) is 5. The van der Waals surface area contributed by atoms with Crippen molar-refractivity contribution in [1.29, 1.82) is 0 Å². The zero-order chi connectivity index (χ0) is 17.0. The van der Waals surface area contributed by atoms with Crippen molar-refractivity contribution in [2.24, 2.45) is 11.7 Å². The van der Waals surface area contributed by atoms with E-state index >= 15 is 0 Å². The maximum atomic E-state index is 12.1. The summed E-state index contributed by atoms with van der Waals surface area (Å²) in [5, 5.41) is 2.83. The van der Waals surface area contributed by atoms with Crippen molar-refractivity contribution in [3.63, 3.8) is 0 Å². The average Bonchev–Trinajstić information content (AvgIpc) is 2.73. The second-order valence-corrected chi connectivity index (χ2v) is 5.83. The summed E-state index contributed by atoms with van der Waals surface area (Å²) < 4.78 is 0. The molecule has 3 N–H and O–H groups in total. The van der Waals surface area contributed by atoms with E-state index in [-0.39, 0.29) is 30.9 Å². The van der Waals surface area contributed by atoms with E-state index in [9.17, 15) is 19.2 Å². The number of halogens is 1. The van der Waals surface area contributed by atoms with Crippen LogP contribution in [-0.2, 0) is 14.4 Å².